The number of benzene rings is 2. The van der Waals surface area contributed by atoms with Crippen LogP contribution >= 0.6 is 17.0 Å². The number of nitrogens with two attached hydrogens (primary N) is 1. The molecule has 7 heteroatoms. The third kappa shape index (κ3) is 4.57. The molecule has 1 atom stereocenters. The van der Waals surface area contributed by atoms with Crippen LogP contribution in [-0.4, -0.2) is 24.3 Å². The van der Waals surface area contributed by atoms with E-state index in [2.05, 4.69) is 10.3 Å². The summed E-state index contributed by atoms with van der Waals surface area (Å²) in [4.78, 5) is 4.34. The van der Waals surface area contributed by atoms with Crippen LogP contribution < -0.4 is 20.5 Å². The maximum Gasteiger partial charge on any atom is 0.193 e. The van der Waals surface area contributed by atoms with Gasteiger partial charge in [0.1, 0.15) is 23.4 Å². The number of aromatic hydroxyl groups is 1. The summed E-state index contributed by atoms with van der Waals surface area (Å²) in [6, 6.07) is 10.7. The number of rotatable bonds is 4. The van der Waals surface area contributed by atoms with Gasteiger partial charge >= 0.3 is 0 Å². The van der Waals surface area contributed by atoms with Crippen LogP contribution in [0.2, 0.25) is 0 Å². The largest absolute Gasteiger partial charge is 0.508 e. The Morgan fingerprint density at radius 3 is 2.92 bits per heavy atom. The molecule has 134 valence electrons. The number of aliphatic imine (C=N–C) groups is 1. The fraction of sp³-hybridized carbons (Fsp3) is 0.278. The molecular weight excluding hydrogens is 386 g/mol. The lowest BCUT2D eigenvalue weighted by molar-refractivity contribution is 0.254. The average molecular weight is 408 g/mol. The van der Waals surface area contributed by atoms with Crippen molar-refractivity contribution in [3.63, 3.8) is 0 Å². The second kappa shape index (κ2) is 8.11. The van der Waals surface area contributed by atoms with Crippen molar-refractivity contribution in [3.8, 4) is 17.2 Å². The van der Waals surface area contributed by atoms with Crippen molar-refractivity contribution >= 4 is 28.6 Å². The van der Waals surface area contributed by atoms with Gasteiger partial charge in [-0.1, -0.05) is 6.07 Å². The summed E-state index contributed by atoms with van der Waals surface area (Å²) in [6.45, 7) is 2.41. The van der Waals surface area contributed by atoms with Crippen molar-refractivity contribution in [3.05, 3.63) is 47.5 Å². The molecule has 0 bridgehead atoms. The highest BCUT2D eigenvalue weighted by atomic mass is 79.9. The van der Waals surface area contributed by atoms with Gasteiger partial charge in [-0.2, -0.15) is 0 Å². The van der Waals surface area contributed by atoms with Crippen LogP contribution in [0.4, 0.5) is 5.69 Å². The zero-order valence-corrected chi connectivity index (χ0v) is 15.9. The van der Waals surface area contributed by atoms with E-state index >= 15 is 0 Å². The Morgan fingerprint density at radius 2 is 2.20 bits per heavy atom. The van der Waals surface area contributed by atoms with Crippen LogP contribution in [0.3, 0.4) is 0 Å². The van der Waals surface area contributed by atoms with E-state index in [-0.39, 0.29) is 34.8 Å². The van der Waals surface area contributed by atoms with E-state index in [1.54, 1.807) is 31.4 Å². The molecule has 0 radical (unpaired) electrons. The fourth-order valence-corrected chi connectivity index (χ4v) is 2.74. The monoisotopic (exact) mass is 407 g/mol. The number of halogens is 1. The molecule has 1 aliphatic rings. The standard InChI is InChI=1S/C18H21N3O3.BrH/c1-11-6-12-7-16(23-2)13(8-17(12)24-11)10-20-18(19)21-14-4-3-5-15(22)9-14;/h3-5,7-9,11,22H,6,10H2,1-2H3,(H3,19,20,21);1H. The zero-order valence-electron chi connectivity index (χ0n) is 14.2. The Balaban J connectivity index is 0.00000225. The van der Waals surface area contributed by atoms with E-state index in [0.717, 1.165) is 29.0 Å². The summed E-state index contributed by atoms with van der Waals surface area (Å²) < 4.78 is 11.2. The lowest BCUT2D eigenvalue weighted by Gasteiger charge is -2.10. The smallest absolute Gasteiger partial charge is 0.193 e. The summed E-state index contributed by atoms with van der Waals surface area (Å²) in [5, 5.41) is 12.4. The molecule has 0 amide bonds. The third-order valence-electron chi connectivity index (χ3n) is 3.84. The molecule has 1 aliphatic heterocycles. The topological polar surface area (TPSA) is 89.1 Å². The Labute approximate surface area is 157 Å². The maximum atomic E-state index is 9.46. The van der Waals surface area contributed by atoms with E-state index in [0.29, 0.717) is 12.2 Å². The van der Waals surface area contributed by atoms with E-state index in [1.807, 2.05) is 19.1 Å². The van der Waals surface area contributed by atoms with Gasteiger partial charge in [-0.15, -0.1) is 17.0 Å². The van der Waals surface area contributed by atoms with Gasteiger partial charge in [0.05, 0.1) is 13.7 Å². The second-order valence-corrected chi connectivity index (χ2v) is 5.78. The van der Waals surface area contributed by atoms with Gasteiger partial charge in [0.15, 0.2) is 5.96 Å². The molecule has 0 spiro atoms. The summed E-state index contributed by atoms with van der Waals surface area (Å²) in [5.74, 6) is 2.09. The average Bonchev–Trinajstić information content (AvgIpc) is 2.90. The molecule has 1 unspecified atom stereocenters. The van der Waals surface area contributed by atoms with Crippen molar-refractivity contribution in [2.45, 2.75) is 26.0 Å². The number of guanidine groups is 1. The van der Waals surface area contributed by atoms with E-state index in [9.17, 15) is 5.11 Å². The van der Waals surface area contributed by atoms with Gasteiger partial charge in [-0.05, 0) is 31.2 Å². The van der Waals surface area contributed by atoms with Crippen molar-refractivity contribution in [2.75, 3.05) is 12.4 Å². The molecular formula is C18H22BrN3O3. The van der Waals surface area contributed by atoms with Crippen LogP contribution in [0.1, 0.15) is 18.1 Å². The van der Waals surface area contributed by atoms with Crippen LogP contribution in [0, 0.1) is 0 Å². The van der Waals surface area contributed by atoms with Crippen molar-refractivity contribution in [2.24, 2.45) is 10.7 Å². The van der Waals surface area contributed by atoms with E-state index in [1.165, 1.54) is 0 Å². The number of hydrogen-bond donors (Lipinski definition) is 3. The Kier molecular flexibility index (Phi) is 6.14. The molecule has 3 rings (SSSR count). The van der Waals surface area contributed by atoms with E-state index in [4.69, 9.17) is 15.2 Å². The fourth-order valence-electron chi connectivity index (χ4n) is 2.74. The Hall–Kier alpha value is -2.41. The molecule has 6 nitrogen and oxygen atoms in total. The number of fused-ring (bicyclic) bond motifs is 1. The highest BCUT2D eigenvalue weighted by Gasteiger charge is 2.21. The first-order chi connectivity index (χ1) is 11.5. The van der Waals surface area contributed by atoms with Gasteiger partial charge in [-0.25, -0.2) is 4.99 Å². The minimum Gasteiger partial charge on any atom is -0.508 e. The van der Waals surface area contributed by atoms with Gasteiger partial charge in [0, 0.05) is 29.3 Å². The quantitative estimate of drug-likeness (QED) is 0.534. The highest BCUT2D eigenvalue weighted by molar-refractivity contribution is 8.93. The molecule has 0 saturated carbocycles. The van der Waals surface area contributed by atoms with Gasteiger partial charge in [0.2, 0.25) is 0 Å². The van der Waals surface area contributed by atoms with Crippen molar-refractivity contribution in [1.29, 1.82) is 0 Å². The number of anilines is 1. The SMILES string of the molecule is Br.COc1cc2c(cc1CN=C(N)Nc1cccc(O)c1)OC(C)C2. The van der Waals surface area contributed by atoms with Crippen molar-refractivity contribution < 1.29 is 14.6 Å². The predicted octanol–water partition coefficient (Wildman–Crippen LogP) is 3.23. The van der Waals surface area contributed by atoms with E-state index < -0.39 is 0 Å². The number of phenols is 1. The van der Waals surface area contributed by atoms with Gasteiger partial charge < -0.3 is 25.6 Å². The van der Waals surface area contributed by atoms with Crippen LogP contribution in [0.5, 0.6) is 17.2 Å². The number of phenolic OH excluding ortho intramolecular Hbond substituents is 1. The van der Waals surface area contributed by atoms with Gasteiger partial charge in [-0.3, -0.25) is 0 Å². The zero-order chi connectivity index (χ0) is 17.1. The molecule has 0 fully saturated rings. The molecule has 4 N–H and O–H groups in total. The second-order valence-electron chi connectivity index (χ2n) is 5.78. The molecule has 2 aromatic carbocycles. The Bertz CT molecular complexity index is 780. The van der Waals surface area contributed by atoms with Crippen LogP contribution in [0.25, 0.3) is 0 Å². The summed E-state index contributed by atoms with van der Waals surface area (Å²) >= 11 is 0. The molecule has 0 aromatic heterocycles. The minimum absolute atomic E-state index is 0. The molecule has 25 heavy (non-hydrogen) atoms. The Morgan fingerprint density at radius 1 is 1.40 bits per heavy atom. The summed E-state index contributed by atoms with van der Waals surface area (Å²) in [5.41, 5.74) is 8.65. The minimum atomic E-state index is 0. The molecule has 2 aromatic rings. The first-order valence-corrected chi connectivity index (χ1v) is 7.77. The number of nitrogens with one attached hydrogen (secondary N) is 1. The molecule has 0 aliphatic carbocycles. The maximum absolute atomic E-state index is 9.46. The first-order valence-electron chi connectivity index (χ1n) is 7.77. The number of ether oxygens (including phenoxy) is 2. The number of hydrogen-bond acceptors (Lipinski definition) is 4. The first kappa shape index (κ1) is 18.9. The normalized spacial score (nSPS) is 15.8. The lowest BCUT2D eigenvalue weighted by Crippen LogP contribution is -2.22. The number of nitrogens with zero attached hydrogens (tertiary/aromatic N) is 1. The van der Waals surface area contributed by atoms with Crippen molar-refractivity contribution in [1.82, 2.24) is 0 Å². The van der Waals surface area contributed by atoms with Crippen LogP contribution in [-0.2, 0) is 13.0 Å². The summed E-state index contributed by atoms with van der Waals surface area (Å²) in [6.07, 6.45) is 1.07. The predicted molar refractivity (Wildman–Crippen MR) is 104 cm³/mol. The summed E-state index contributed by atoms with van der Waals surface area (Å²) in [7, 11) is 1.64. The lowest BCUT2D eigenvalue weighted by atomic mass is 10.1. The highest BCUT2D eigenvalue weighted by Crippen LogP contribution is 2.35. The van der Waals surface area contributed by atoms with Gasteiger partial charge in [0.25, 0.3) is 0 Å². The van der Waals surface area contributed by atoms with Crippen LogP contribution in [0.15, 0.2) is 41.4 Å². The third-order valence-corrected chi connectivity index (χ3v) is 3.84. The number of methoxy groups -OCH3 is 1. The molecule has 1 heterocycles. The molecule has 0 saturated heterocycles.